The van der Waals surface area contributed by atoms with Gasteiger partial charge in [0.05, 0.1) is 1.31 Å². The minimum Gasteiger partial charge on any atom is -0.0311 e. The van der Waals surface area contributed by atoms with Crippen LogP contribution in [0.25, 0.3) is 0 Å². The van der Waals surface area contributed by atoms with E-state index in [4.69, 9.17) is 0 Å². The lowest BCUT2D eigenvalue weighted by Gasteiger charge is -1.64. The Morgan fingerprint density at radius 3 is 1.60 bits per heavy atom. The molecule has 0 bridgehead atoms. The third-order valence-corrected chi connectivity index (χ3v) is 8.62. The molecule has 0 rings (SSSR count). The number of halogens is 3. The summed E-state index contributed by atoms with van der Waals surface area (Å²) in [5.41, 5.74) is 0. The van der Waals surface area contributed by atoms with Gasteiger partial charge in [0.1, 0.15) is 0 Å². The molecule has 0 atom stereocenters. The average molecular weight is 424 g/mol. The highest BCUT2D eigenvalue weighted by Crippen LogP contribution is 2.18. The van der Waals surface area contributed by atoms with E-state index in [1.54, 1.807) is 0 Å². The molecule has 0 unspecified atom stereocenters. The number of rotatable bonds is 0. The molecular weight excluding hydrogens is 424 g/mol. The molecule has 4 heteroatoms. The summed E-state index contributed by atoms with van der Waals surface area (Å²) in [6.45, 7) is 0. The van der Waals surface area contributed by atoms with E-state index >= 15 is 0 Å². The molecule has 0 heterocycles. The van der Waals surface area contributed by atoms with Gasteiger partial charge in [0.2, 0.25) is 0 Å². The molecule has 0 nitrogen and oxygen atoms in total. The molecule has 0 aromatic carbocycles. The van der Waals surface area contributed by atoms with Gasteiger partial charge < -0.3 is 0 Å². The standard InChI is InChI=1S/CI3P/c2-1(3)5-4. The van der Waals surface area contributed by atoms with Gasteiger partial charge in [0, 0.05) is 0 Å². The highest BCUT2D eigenvalue weighted by atomic mass is 127. The van der Waals surface area contributed by atoms with Crippen LogP contribution in [-0.4, -0.2) is 1.31 Å². The molecule has 0 aromatic heterocycles. The average Bonchev–Trinajstić information content (AvgIpc) is 1.38. The van der Waals surface area contributed by atoms with Crippen LogP contribution >= 0.6 is 73.1 Å². The van der Waals surface area contributed by atoms with Gasteiger partial charge in [-0.1, -0.05) is 0 Å². The summed E-state index contributed by atoms with van der Waals surface area (Å²) in [4.78, 5) is 0. The number of hydrogen-bond acceptors (Lipinski definition) is 0. The van der Waals surface area contributed by atoms with Crippen LogP contribution in [-0.2, 0) is 0 Å². The van der Waals surface area contributed by atoms with E-state index in [-0.39, 0.29) is 0 Å². The van der Waals surface area contributed by atoms with Gasteiger partial charge >= 0.3 is 0 Å². The van der Waals surface area contributed by atoms with Crippen LogP contribution in [0.2, 0.25) is 0 Å². The summed E-state index contributed by atoms with van der Waals surface area (Å²) in [7, 11) is 0. The normalized spacial score (nSPS) is 8.60. The monoisotopic (exact) mass is 424 g/mol. The lowest BCUT2D eigenvalue weighted by molar-refractivity contribution is 4.57. The summed E-state index contributed by atoms with van der Waals surface area (Å²) >= 11 is 6.88. The Bertz CT molecular complexity index is 44.9. The predicted molar refractivity (Wildman–Crippen MR) is 54.0 cm³/mol. The van der Waals surface area contributed by atoms with E-state index in [2.05, 4.69) is 67.2 Å². The molecule has 0 aliphatic carbocycles. The molecule has 0 saturated heterocycles. The molecule has 0 N–H and O–H groups in total. The first kappa shape index (κ1) is 7.36. The predicted octanol–water partition coefficient (Wildman–Crippen LogP) is 3.24. The summed E-state index contributed by atoms with van der Waals surface area (Å²) < 4.78 is 1.40. The van der Waals surface area contributed by atoms with Crippen molar-refractivity contribution in [2.24, 2.45) is 0 Å². The third-order valence-electron chi connectivity index (χ3n) is 0.0639. The van der Waals surface area contributed by atoms with E-state index in [1.807, 2.05) is 0 Å². The van der Waals surface area contributed by atoms with Crippen molar-refractivity contribution in [2.75, 3.05) is 0 Å². The van der Waals surface area contributed by atoms with Gasteiger partial charge in [-0.25, -0.2) is 0 Å². The minimum atomic E-state index is 1.36. The third kappa shape index (κ3) is 6.36. The Kier molecular flexibility index (Phi) is 6.65. The van der Waals surface area contributed by atoms with Crippen molar-refractivity contribution >= 4 is 74.4 Å². The van der Waals surface area contributed by atoms with Gasteiger partial charge in [-0.15, -0.1) is 0 Å². The van der Waals surface area contributed by atoms with Gasteiger partial charge in [-0.2, -0.15) is 0 Å². The highest BCUT2D eigenvalue weighted by Gasteiger charge is 1.69. The largest absolute Gasteiger partial charge is 0.0845 e. The second-order valence-electron chi connectivity index (χ2n) is 0.325. The van der Waals surface area contributed by atoms with E-state index in [0.717, 1.165) is 0 Å². The quantitative estimate of drug-likeness (QED) is 0.414. The van der Waals surface area contributed by atoms with Gasteiger partial charge in [0.15, 0.2) is 0 Å². The second-order valence-corrected chi connectivity index (χ2v) is 8.32. The van der Waals surface area contributed by atoms with Crippen LogP contribution in [0.1, 0.15) is 0 Å². The maximum Gasteiger partial charge on any atom is 0.0845 e. The molecule has 0 aliphatic rings. The SMILES string of the molecule is IP=C(I)I. The van der Waals surface area contributed by atoms with E-state index in [0.29, 0.717) is 0 Å². The van der Waals surface area contributed by atoms with Gasteiger partial charge in [-0.3, -0.25) is 0 Å². The van der Waals surface area contributed by atoms with Gasteiger partial charge in [0.25, 0.3) is 0 Å². The zero-order valence-electron chi connectivity index (χ0n) is 2.08. The van der Waals surface area contributed by atoms with Crippen molar-refractivity contribution in [1.82, 2.24) is 0 Å². The van der Waals surface area contributed by atoms with Crippen LogP contribution < -0.4 is 0 Å². The zero-order valence-corrected chi connectivity index (χ0v) is 9.45. The smallest absolute Gasteiger partial charge is 0.0311 e. The Hall–Kier alpha value is 2.36. The lowest BCUT2D eigenvalue weighted by Crippen LogP contribution is -1.42. The van der Waals surface area contributed by atoms with Crippen LogP contribution in [0.15, 0.2) is 0 Å². The molecule has 5 heavy (non-hydrogen) atoms. The Morgan fingerprint density at radius 1 is 1.40 bits per heavy atom. The number of hydrogen-bond donors (Lipinski definition) is 0. The van der Waals surface area contributed by atoms with Crippen LogP contribution in [0.3, 0.4) is 0 Å². The topological polar surface area (TPSA) is 0 Å². The maximum absolute atomic E-state index is 2.30. The fourth-order valence-electron chi connectivity index (χ4n) is 0. The summed E-state index contributed by atoms with van der Waals surface area (Å²) in [5, 5.41) is 0. The molecule has 0 amide bonds. The fraction of sp³-hybridized carbons (Fsp3) is 0. The molecule has 0 fully saturated rings. The first-order valence-electron chi connectivity index (χ1n) is 0.771. The molecule has 0 aliphatic heterocycles. The van der Waals surface area contributed by atoms with Crippen LogP contribution in [0.5, 0.6) is 0 Å². The van der Waals surface area contributed by atoms with E-state index < -0.39 is 0 Å². The van der Waals surface area contributed by atoms with Crippen molar-refractivity contribution in [1.29, 1.82) is 0 Å². The first-order valence-corrected chi connectivity index (χ1v) is 6.61. The van der Waals surface area contributed by atoms with Gasteiger partial charge in [-0.05, 0) is 73.1 Å². The molecule has 0 aromatic rings. The van der Waals surface area contributed by atoms with Crippen molar-refractivity contribution in [3.8, 4) is 0 Å². The zero-order chi connectivity index (χ0) is 4.28. The fourth-order valence-corrected chi connectivity index (χ4v) is 0. The van der Waals surface area contributed by atoms with E-state index in [1.165, 1.54) is 7.15 Å². The summed E-state index contributed by atoms with van der Waals surface area (Å²) in [5.74, 6) is 1.36. The minimum absolute atomic E-state index is 1.36. The van der Waals surface area contributed by atoms with Crippen molar-refractivity contribution in [2.45, 2.75) is 0 Å². The second kappa shape index (κ2) is 4.52. The molecule has 30 valence electrons. The Morgan fingerprint density at radius 2 is 1.60 bits per heavy atom. The summed E-state index contributed by atoms with van der Waals surface area (Å²) in [6.07, 6.45) is 0. The Labute approximate surface area is 73.0 Å². The molecule has 0 radical (unpaired) electrons. The lowest BCUT2D eigenvalue weighted by atomic mass is 12.0. The van der Waals surface area contributed by atoms with Crippen LogP contribution in [0, 0.1) is 0 Å². The highest BCUT2D eigenvalue weighted by molar-refractivity contribution is 14.2. The van der Waals surface area contributed by atoms with Crippen molar-refractivity contribution < 1.29 is 0 Å². The molecule has 0 saturated carbocycles. The van der Waals surface area contributed by atoms with Crippen molar-refractivity contribution in [3.63, 3.8) is 0 Å². The van der Waals surface area contributed by atoms with E-state index in [9.17, 15) is 0 Å². The van der Waals surface area contributed by atoms with Crippen LogP contribution in [0.4, 0.5) is 0 Å². The summed E-state index contributed by atoms with van der Waals surface area (Å²) in [6, 6.07) is 0. The Balaban J connectivity index is 3.14. The first-order chi connectivity index (χ1) is 2.27. The molecule has 0 spiro atoms. The maximum atomic E-state index is 2.30. The van der Waals surface area contributed by atoms with Crippen molar-refractivity contribution in [3.05, 3.63) is 0 Å². The molecular formula is CI3P.